The summed E-state index contributed by atoms with van der Waals surface area (Å²) in [5.74, 6) is 0.323. The van der Waals surface area contributed by atoms with Gasteiger partial charge in [0.05, 0.1) is 25.9 Å². The molecule has 16 heteroatoms. The number of anilines is 1. The summed E-state index contributed by atoms with van der Waals surface area (Å²) in [6, 6.07) is 7.69. The second kappa shape index (κ2) is 12.0. The predicted molar refractivity (Wildman–Crippen MR) is 146 cm³/mol. The van der Waals surface area contributed by atoms with E-state index in [1.54, 1.807) is 44.3 Å². The summed E-state index contributed by atoms with van der Waals surface area (Å²) >= 11 is 11.9. The quantitative estimate of drug-likeness (QED) is 0.169. The van der Waals surface area contributed by atoms with Crippen molar-refractivity contribution in [3.8, 4) is 5.75 Å². The summed E-state index contributed by atoms with van der Waals surface area (Å²) in [6.07, 6.45) is -3.60. The molecule has 1 aromatic carbocycles. The fraction of sp³-hybridized carbons (Fsp3) is 0.478. The Hall–Kier alpha value is -2.45. The number of para-hydroxylation sites is 1. The Balaban J connectivity index is 1.62. The highest BCUT2D eigenvalue weighted by atomic mass is 35.5. The average Bonchev–Trinajstić information content (AvgIpc) is 3.45. The van der Waals surface area contributed by atoms with Crippen LogP contribution in [0, 0.1) is 6.92 Å². The van der Waals surface area contributed by atoms with E-state index in [9.17, 15) is 9.90 Å². The van der Waals surface area contributed by atoms with Gasteiger partial charge in [-0.2, -0.15) is 0 Å². The average molecular weight is 603 g/mol. The molecule has 12 nitrogen and oxygen atoms in total. The number of nitrogens with one attached hydrogen (secondary N) is 2. The van der Waals surface area contributed by atoms with E-state index >= 15 is 4.39 Å². The van der Waals surface area contributed by atoms with Crippen molar-refractivity contribution < 1.29 is 32.8 Å². The number of aliphatic hydroxyl groups excluding tert-OH is 1. The zero-order valence-electron chi connectivity index (χ0n) is 21.6. The first-order chi connectivity index (χ1) is 18.6. The summed E-state index contributed by atoms with van der Waals surface area (Å²) < 4.78 is 39.8. The van der Waals surface area contributed by atoms with Gasteiger partial charge < -0.3 is 28.9 Å². The van der Waals surface area contributed by atoms with Gasteiger partial charge in [-0.3, -0.25) is 9.36 Å². The van der Waals surface area contributed by atoms with Gasteiger partial charge in [-0.25, -0.2) is 24.4 Å². The van der Waals surface area contributed by atoms with Gasteiger partial charge in [-0.15, -0.1) is 11.6 Å². The van der Waals surface area contributed by atoms with Crippen LogP contribution in [0.25, 0.3) is 11.2 Å². The molecule has 1 fully saturated rings. The molecular formula is C23H29ClFN6O6PS. The van der Waals surface area contributed by atoms with Crippen molar-refractivity contribution in [1.29, 1.82) is 0 Å². The predicted octanol–water partition coefficient (Wildman–Crippen LogP) is 2.85. The van der Waals surface area contributed by atoms with Gasteiger partial charge in [-0.05, 0) is 37.8 Å². The number of esters is 1. The van der Waals surface area contributed by atoms with Crippen molar-refractivity contribution in [2.45, 2.75) is 44.0 Å². The second-order valence-electron chi connectivity index (χ2n) is 8.84. The first kappa shape index (κ1) is 29.5. The van der Waals surface area contributed by atoms with E-state index in [-0.39, 0.29) is 5.88 Å². The van der Waals surface area contributed by atoms with Gasteiger partial charge in [-0.1, -0.05) is 18.2 Å². The van der Waals surface area contributed by atoms with E-state index in [0.29, 0.717) is 28.6 Å². The number of alkyl halides is 2. The zero-order valence-corrected chi connectivity index (χ0v) is 24.0. The van der Waals surface area contributed by atoms with Crippen LogP contribution in [0.4, 0.5) is 10.2 Å². The number of aromatic nitrogens is 4. The number of imidazole rings is 1. The molecule has 3 aromatic rings. The number of nitrogens with zero attached hydrogens (tertiary/aromatic N) is 4. The minimum absolute atomic E-state index is 0.309. The molecule has 0 saturated carbocycles. The van der Waals surface area contributed by atoms with Gasteiger partial charge in [0.25, 0.3) is 0 Å². The zero-order chi connectivity index (χ0) is 28.4. The third-order valence-corrected chi connectivity index (χ3v) is 9.03. The largest absolute Gasteiger partial charge is 0.468 e. The minimum atomic E-state index is -3.49. The number of fused-ring (bicyclic) bond motifs is 1. The number of methoxy groups -OCH3 is 1. The van der Waals surface area contributed by atoms with Crippen molar-refractivity contribution in [2.24, 2.45) is 0 Å². The molecule has 0 bridgehead atoms. The summed E-state index contributed by atoms with van der Waals surface area (Å²) in [5.41, 5.74) is -1.01. The maximum atomic E-state index is 15.6. The van der Waals surface area contributed by atoms with E-state index in [1.807, 2.05) is 0 Å². The standard InChI is InChI=1S/C23H29ClFN6O6PS/c1-13(22(33)34-4)30-38(39,37-15-8-6-5-7-9-15)35-11-23(10-24)18(32)16(25)21(36-23)31-12-27-17-19(26-3)28-14(2)29-20(17)31/h5-9,12-13,16,18,21,32H,10-11H2,1-4H3,(H,30,39)(H,26,28,29)/t13-,16-,18+,21-,23-,38-/m1/s1. The molecular weight excluding hydrogens is 574 g/mol. The molecule has 0 spiro atoms. The van der Waals surface area contributed by atoms with Crippen LogP contribution >= 0.6 is 18.2 Å². The van der Waals surface area contributed by atoms with Crippen LogP contribution < -0.4 is 14.9 Å². The van der Waals surface area contributed by atoms with Crippen molar-refractivity contribution >= 4 is 53.0 Å². The summed E-state index contributed by atoms with van der Waals surface area (Å²) in [4.78, 5) is 25.0. The van der Waals surface area contributed by atoms with Crippen molar-refractivity contribution in [3.63, 3.8) is 0 Å². The molecule has 1 aliphatic heterocycles. The number of aliphatic hydroxyl groups is 1. The number of benzene rings is 1. The molecule has 0 amide bonds. The van der Waals surface area contributed by atoms with E-state index in [2.05, 4.69) is 25.4 Å². The number of ether oxygens (including phenoxy) is 2. The highest BCUT2D eigenvalue weighted by Gasteiger charge is 2.57. The molecule has 0 radical (unpaired) electrons. The van der Waals surface area contributed by atoms with Crippen molar-refractivity contribution in [2.75, 3.05) is 32.0 Å². The van der Waals surface area contributed by atoms with Gasteiger partial charge in [0, 0.05) is 7.05 Å². The van der Waals surface area contributed by atoms with Gasteiger partial charge >= 0.3 is 12.6 Å². The van der Waals surface area contributed by atoms with Crippen LogP contribution in [-0.4, -0.2) is 81.2 Å². The second-order valence-corrected chi connectivity index (χ2v) is 12.2. The van der Waals surface area contributed by atoms with Crippen LogP contribution in [0.3, 0.4) is 0 Å². The fourth-order valence-electron chi connectivity index (χ4n) is 4.06. The highest BCUT2D eigenvalue weighted by molar-refractivity contribution is 8.09. The maximum Gasteiger partial charge on any atom is 0.323 e. The molecule has 1 aliphatic rings. The minimum Gasteiger partial charge on any atom is -0.468 e. The van der Waals surface area contributed by atoms with Crippen LogP contribution in [0.15, 0.2) is 36.7 Å². The van der Waals surface area contributed by atoms with Crippen molar-refractivity contribution in [1.82, 2.24) is 24.6 Å². The number of hydrogen-bond acceptors (Lipinski definition) is 11. The van der Waals surface area contributed by atoms with E-state index < -0.39 is 49.4 Å². The highest BCUT2D eigenvalue weighted by Crippen LogP contribution is 2.49. The van der Waals surface area contributed by atoms with E-state index in [0.717, 1.165) is 0 Å². The Kier molecular flexibility index (Phi) is 9.06. The van der Waals surface area contributed by atoms with E-state index in [4.69, 9.17) is 41.9 Å². The van der Waals surface area contributed by atoms with Crippen LogP contribution in [0.5, 0.6) is 5.75 Å². The normalized spacial score (nSPS) is 25.3. The lowest BCUT2D eigenvalue weighted by molar-refractivity contribution is -0.142. The maximum absolute atomic E-state index is 15.6. The summed E-state index contributed by atoms with van der Waals surface area (Å²) in [6.45, 7) is -0.729. The lowest BCUT2D eigenvalue weighted by Gasteiger charge is -2.33. The van der Waals surface area contributed by atoms with Crippen LogP contribution in [0.2, 0.25) is 0 Å². The number of hydrogen-bond donors (Lipinski definition) is 3. The van der Waals surface area contributed by atoms with Gasteiger partial charge in [0.1, 0.15) is 29.3 Å². The Morgan fingerprint density at radius 1 is 1.38 bits per heavy atom. The first-order valence-corrected chi connectivity index (χ1v) is 15.0. The molecule has 3 heterocycles. The lowest BCUT2D eigenvalue weighted by atomic mass is 9.99. The molecule has 6 atom stereocenters. The monoisotopic (exact) mass is 602 g/mol. The molecule has 0 unspecified atom stereocenters. The molecule has 1 saturated heterocycles. The Morgan fingerprint density at radius 2 is 2.10 bits per heavy atom. The number of rotatable bonds is 11. The third kappa shape index (κ3) is 6.02. The van der Waals surface area contributed by atoms with Gasteiger partial charge in [0.2, 0.25) is 0 Å². The smallest absolute Gasteiger partial charge is 0.323 e. The summed E-state index contributed by atoms with van der Waals surface area (Å²) in [5, 5.41) is 16.8. The number of carbonyl (C=O) groups is 1. The molecule has 212 valence electrons. The lowest BCUT2D eigenvalue weighted by Crippen LogP contribution is -2.48. The topological polar surface area (TPSA) is 142 Å². The number of aryl methyl sites for hydroxylation is 1. The Labute approximate surface area is 234 Å². The van der Waals surface area contributed by atoms with Crippen molar-refractivity contribution in [3.05, 3.63) is 42.5 Å². The molecule has 39 heavy (non-hydrogen) atoms. The molecule has 2 aromatic heterocycles. The fourth-order valence-corrected chi connectivity index (χ4v) is 6.79. The molecule has 0 aliphatic carbocycles. The number of carbonyl (C=O) groups excluding carboxylic acids is 1. The first-order valence-electron chi connectivity index (χ1n) is 11.9. The molecule has 3 N–H and O–H groups in total. The van der Waals surface area contributed by atoms with Crippen LogP contribution in [0.1, 0.15) is 19.0 Å². The van der Waals surface area contributed by atoms with Gasteiger partial charge in [0.15, 0.2) is 29.4 Å². The Morgan fingerprint density at radius 3 is 2.74 bits per heavy atom. The van der Waals surface area contributed by atoms with E-state index in [1.165, 1.54) is 24.9 Å². The summed E-state index contributed by atoms with van der Waals surface area (Å²) in [7, 11) is 2.92. The molecule has 4 rings (SSSR count). The van der Waals surface area contributed by atoms with Crippen LogP contribution in [-0.2, 0) is 30.6 Å². The SMILES string of the molecule is CNc1nc(C)nc2c1ncn2[C@@H]1O[C@](CCl)(CO[P@](=S)(N[C@H](C)C(=O)OC)Oc2ccccc2)[C@@H](O)[C@H]1F. The third-order valence-electron chi connectivity index (χ3n) is 6.09. The number of halogens is 2. The Bertz CT molecular complexity index is 1370.